The van der Waals surface area contributed by atoms with Gasteiger partial charge in [-0.2, -0.15) is 0 Å². The summed E-state index contributed by atoms with van der Waals surface area (Å²) in [5, 5.41) is 19.3. The lowest BCUT2D eigenvalue weighted by molar-refractivity contribution is 0.195. The van der Waals surface area contributed by atoms with Gasteiger partial charge in [-0.1, -0.05) is 0 Å². The van der Waals surface area contributed by atoms with Gasteiger partial charge >= 0.3 is 12.2 Å². The summed E-state index contributed by atoms with van der Waals surface area (Å²) in [6, 6.07) is 1.74. The maximum atomic E-state index is 14.2. The van der Waals surface area contributed by atoms with E-state index in [0.29, 0.717) is 4.90 Å². The van der Waals surface area contributed by atoms with Gasteiger partial charge in [0.05, 0.1) is 5.69 Å². The molecule has 3 N–H and O–H groups in total. The molecule has 110 valence electrons. The highest BCUT2D eigenvalue weighted by Crippen LogP contribution is 2.32. The van der Waals surface area contributed by atoms with Crippen LogP contribution in [-0.2, 0) is 0 Å². The van der Waals surface area contributed by atoms with E-state index in [1.807, 2.05) is 0 Å². The highest BCUT2D eigenvalue weighted by atomic mass is 19.1. The monoisotopic (exact) mass is 288 g/mol. The second-order valence-corrected chi connectivity index (χ2v) is 4.97. The standard InChI is InChI=1S/C12H14F2N2O4/c1-12(2,3)16(11(19)20)7-5-4-6(13)9(8(7)14)15-10(17)18/h4-5,15H,1-3H3,(H,17,18)(H,19,20). The van der Waals surface area contributed by atoms with Crippen LogP contribution in [0.3, 0.4) is 0 Å². The summed E-state index contributed by atoms with van der Waals surface area (Å²) in [5.41, 5.74) is -2.34. The second-order valence-electron chi connectivity index (χ2n) is 4.97. The van der Waals surface area contributed by atoms with Crippen LogP contribution >= 0.6 is 0 Å². The lowest BCUT2D eigenvalue weighted by Gasteiger charge is -2.33. The van der Waals surface area contributed by atoms with Crippen LogP contribution in [-0.4, -0.2) is 27.9 Å². The Labute approximate surface area is 113 Å². The van der Waals surface area contributed by atoms with Gasteiger partial charge in [0.25, 0.3) is 0 Å². The molecule has 0 aliphatic heterocycles. The van der Waals surface area contributed by atoms with Gasteiger partial charge < -0.3 is 10.2 Å². The Morgan fingerprint density at radius 2 is 1.75 bits per heavy atom. The van der Waals surface area contributed by atoms with Crippen LogP contribution in [0.1, 0.15) is 20.8 Å². The predicted molar refractivity (Wildman–Crippen MR) is 68.3 cm³/mol. The molecule has 0 aromatic heterocycles. The van der Waals surface area contributed by atoms with E-state index in [1.54, 1.807) is 5.32 Å². The van der Waals surface area contributed by atoms with Gasteiger partial charge in [0.2, 0.25) is 0 Å². The molecular weight excluding hydrogens is 274 g/mol. The molecule has 0 aliphatic carbocycles. The van der Waals surface area contributed by atoms with E-state index >= 15 is 0 Å². The molecule has 20 heavy (non-hydrogen) atoms. The summed E-state index contributed by atoms with van der Waals surface area (Å²) < 4.78 is 27.6. The molecule has 0 heterocycles. The third-order valence-corrected chi connectivity index (χ3v) is 2.41. The van der Waals surface area contributed by atoms with Gasteiger partial charge in [-0.15, -0.1) is 0 Å². The van der Waals surface area contributed by atoms with E-state index < -0.39 is 40.7 Å². The van der Waals surface area contributed by atoms with Crippen LogP contribution in [0.25, 0.3) is 0 Å². The summed E-state index contributed by atoms with van der Waals surface area (Å²) in [5.74, 6) is -2.42. The highest BCUT2D eigenvalue weighted by Gasteiger charge is 2.31. The molecule has 0 saturated carbocycles. The van der Waals surface area contributed by atoms with Crippen LogP contribution in [0.15, 0.2) is 12.1 Å². The first-order valence-corrected chi connectivity index (χ1v) is 5.56. The topological polar surface area (TPSA) is 89.9 Å². The fourth-order valence-corrected chi connectivity index (χ4v) is 1.69. The molecule has 0 spiro atoms. The first-order chi connectivity index (χ1) is 9.05. The number of nitrogens with one attached hydrogen (secondary N) is 1. The molecule has 0 aliphatic rings. The maximum absolute atomic E-state index is 14.2. The van der Waals surface area contributed by atoms with Gasteiger partial charge in [0, 0.05) is 5.54 Å². The maximum Gasteiger partial charge on any atom is 0.412 e. The zero-order chi connectivity index (χ0) is 15.7. The number of rotatable bonds is 2. The number of benzene rings is 1. The van der Waals surface area contributed by atoms with E-state index in [0.717, 1.165) is 12.1 Å². The molecule has 0 unspecified atom stereocenters. The zero-order valence-electron chi connectivity index (χ0n) is 11.1. The Morgan fingerprint density at radius 3 is 2.15 bits per heavy atom. The molecule has 1 aromatic carbocycles. The van der Waals surface area contributed by atoms with Crippen LogP contribution in [0, 0.1) is 11.6 Å². The van der Waals surface area contributed by atoms with Gasteiger partial charge in [0.1, 0.15) is 11.5 Å². The average Bonchev–Trinajstić information content (AvgIpc) is 2.25. The van der Waals surface area contributed by atoms with Crippen molar-refractivity contribution in [1.29, 1.82) is 0 Å². The smallest absolute Gasteiger partial charge is 0.412 e. The number of anilines is 2. The van der Waals surface area contributed by atoms with Crippen molar-refractivity contribution in [2.24, 2.45) is 0 Å². The quantitative estimate of drug-likeness (QED) is 0.778. The van der Waals surface area contributed by atoms with Crippen molar-refractivity contribution in [3.63, 3.8) is 0 Å². The van der Waals surface area contributed by atoms with Gasteiger partial charge in [-0.3, -0.25) is 10.2 Å². The summed E-state index contributed by atoms with van der Waals surface area (Å²) >= 11 is 0. The summed E-state index contributed by atoms with van der Waals surface area (Å²) in [6.45, 7) is 4.57. The predicted octanol–water partition coefficient (Wildman–Crippen LogP) is 3.34. The number of hydrogen-bond acceptors (Lipinski definition) is 2. The van der Waals surface area contributed by atoms with Gasteiger partial charge in [-0.25, -0.2) is 18.4 Å². The van der Waals surface area contributed by atoms with Crippen molar-refractivity contribution in [3.05, 3.63) is 23.8 Å². The van der Waals surface area contributed by atoms with Crippen molar-refractivity contribution >= 4 is 23.6 Å². The van der Waals surface area contributed by atoms with E-state index in [4.69, 9.17) is 10.2 Å². The highest BCUT2D eigenvalue weighted by molar-refractivity contribution is 5.90. The van der Waals surface area contributed by atoms with Gasteiger partial charge in [0.15, 0.2) is 5.82 Å². The molecular formula is C12H14F2N2O4. The van der Waals surface area contributed by atoms with E-state index in [1.165, 1.54) is 20.8 Å². The Balaban J connectivity index is 3.45. The van der Waals surface area contributed by atoms with Crippen molar-refractivity contribution in [2.45, 2.75) is 26.3 Å². The minimum atomic E-state index is -1.66. The first-order valence-electron chi connectivity index (χ1n) is 5.56. The number of hydrogen-bond donors (Lipinski definition) is 3. The fourth-order valence-electron chi connectivity index (χ4n) is 1.69. The van der Waals surface area contributed by atoms with Crippen LogP contribution in [0.5, 0.6) is 0 Å². The van der Waals surface area contributed by atoms with E-state index in [-0.39, 0.29) is 0 Å². The Bertz CT molecular complexity index is 555. The van der Waals surface area contributed by atoms with Crippen molar-refractivity contribution < 1.29 is 28.6 Å². The molecule has 6 nitrogen and oxygen atoms in total. The minimum Gasteiger partial charge on any atom is -0.465 e. The first kappa shape index (κ1) is 15.7. The van der Waals surface area contributed by atoms with Crippen molar-refractivity contribution in [1.82, 2.24) is 0 Å². The molecule has 0 radical (unpaired) electrons. The molecule has 1 aromatic rings. The lowest BCUT2D eigenvalue weighted by atomic mass is 10.0. The van der Waals surface area contributed by atoms with E-state index in [9.17, 15) is 18.4 Å². The SMILES string of the molecule is CC(C)(C)N(C(=O)O)c1ccc(F)c(NC(=O)O)c1F. The zero-order valence-corrected chi connectivity index (χ0v) is 11.1. The third-order valence-electron chi connectivity index (χ3n) is 2.41. The van der Waals surface area contributed by atoms with Crippen molar-refractivity contribution in [3.8, 4) is 0 Å². The number of nitrogens with zero attached hydrogens (tertiary/aromatic N) is 1. The molecule has 0 saturated heterocycles. The molecule has 0 fully saturated rings. The second kappa shape index (κ2) is 5.32. The minimum absolute atomic E-state index is 0.435. The van der Waals surface area contributed by atoms with E-state index in [2.05, 4.69) is 0 Å². The number of carboxylic acid groups (broad SMARTS) is 2. The Morgan fingerprint density at radius 1 is 1.20 bits per heavy atom. The summed E-state index contributed by atoms with van der Waals surface area (Å²) in [4.78, 5) is 22.4. The molecule has 0 atom stereocenters. The largest absolute Gasteiger partial charge is 0.465 e. The molecule has 1 rings (SSSR count). The van der Waals surface area contributed by atoms with Crippen LogP contribution in [0.4, 0.5) is 29.7 Å². The number of amides is 2. The molecule has 8 heteroatoms. The number of halogens is 2. The Kier molecular flexibility index (Phi) is 4.17. The Hall–Kier alpha value is -2.38. The number of carbonyl (C=O) groups is 2. The fraction of sp³-hybridized carbons (Fsp3) is 0.333. The lowest BCUT2D eigenvalue weighted by Crippen LogP contribution is -2.45. The van der Waals surface area contributed by atoms with Crippen LogP contribution < -0.4 is 10.2 Å². The third kappa shape index (κ3) is 3.14. The normalized spacial score (nSPS) is 11.1. The summed E-state index contributed by atoms with van der Waals surface area (Å²) in [6.07, 6.45) is -3.10. The van der Waals surface area contributed by atoms with Crippen LogP contribution in [0.2, 0.25) is 0 Å². The van der Waals surface area contributed by atoms with Gasteiger partial charge in [-0.05, 0) is 32.9 Å². The molecule has 2 amide bonds. The summed E-state index contributed by atoms with van der Waals surface area (Å²) in [7, 11) is 0. The van der Waals surface area contributed by atoms with Crippen molar-refractivity contribution in [2.75, 3.05) is 10.2 Å². The average molecular weight is 288 g/mol. The molecule has 0 bridgehead atoms.